The Kier molecular flexibility index (Phi) is 4.63. The standard InChI is InChI=1S/C22H31NO3S/c1-14(24)26-19-5-4-17-16-7-11-22(23-13-27)12-15(25)6-10-21(22,3)18(16)8-9-20(17,19)2/h16-19H,4-12H2,1-3H3/t16-,17-,18-,19-,20-,21+,22?/m0/s1. The van der Waals surface area contributed by atoms with Crippen molar-refractivity contribution < 1.29 is 14.3 Å². The fourth-order valence-corrected chi connectivity index (χ4v) is 7.87. The van der Waals surface area contributed by atoms with Crippen LogP contribution in [0.5, 0.6) is 0 Å². The maximum absolute atomic E-state index is 12.3. The Bertz CT molecular complexity index is 716. The van der Waals surface area contributed by atoms with Crippen molar-refractivity contribution in [1.29, 1.82) is 0 Å². The number of ether oxygens (including phenoxy) is 1. The van der Waals surface area contributed by atoms with Crippen LogP contribution in [-0.4, -0.2) is 28.6 Å². The van der Waals surface area contributed by atoms with Crippen LogP contribution < -0.4 is 0 Å². The van der Waals surface area contributed by atoms with E-state index in [1.807, 2.05) is 0 Å². The number of ketones is 1. The first-order valence-electron chi connectivity index (χ1n) is 10.5. The molecule has 148 valence electrons. The highest BCUT2D eigenvalue weighted by atomic mass is 32.1. The fourth-order valence-electron chi connectivity index (χ4n) is 7.70. The summed E-state index contributed by atoms with van der Waals surface area (Å²) in [7, 11) is 0. The van der Waals surface area contributed by atoms with Crippen molar-refractivity contribution in [2.75, 3.05) is 0 Å². The SMILES string of the molecule is CC(=O)O[C@H]1CC[C@H]2[C@@H]3CCC4(N=C=S)CC(=O)CC[C@]4(C)[C@H]3CC[C@]12C. The summed E-state index contributed by atoms with van der Waals surface area (Å²) in [5.41, 5.74) is -0.218. The largest absolute Gasteiger partial charge is 0.462 e. The molecule has 1 unspecified atom stereocenters. The van der Waals surface area contributed by atoms with Gasteiger partial charge in [0.15, 0.2) is 0 Å². The lowest BCUT2D eigenvalue weighted by molar-refractivity contribution is -0.163. The second-order valence-corrected chi connectivity index (χ2v) is 10.2. The van der Waals surface area contributed by atoms with Gasteiger partial charge < -0.3 is 4.74 Å². The summed E-state index contributed by atoms with van der Waals surface area (Å²) in [5.74, 6) is 1.98. The number of Topliss-reactive ketones (excluding diaryl/α,β-unsaturated/α-hetero) is 1. The number of carbonyl (C=O) groups excluding carboxylic acids is 2. The van der Waals surface area contributed by atoms with Crippen LogP contribution in [0.1, 0.15) is 78.6 Å². The van der Waals surface area contributed by atoms with Gasteiger partial charge in [0.25, 0.3) is 0 Å². The number of rotatable bonds is 2. The lowest BCUT2D eigenvalue weighted by Gasteiger charge is -2.63. The molecule has 4 aliphatic carbocycles. The Labute approximate surface area is 167 Å². The van der Waals surface area contributed by atoms with Gasteiger partial charge in [-0.15, -0.1) is 0 Å². The molecule has 4 rings (SSSR count). The number of isothiocyanates is 1. The molecule has 0 spiro atoms. The van der Waals surface area contributed by atoms with Gasteiger partial charge in [-0.1, -0.05) is 13.8 Å². The molecule has 0 saturated heterocycles. The molecule has 0 aromatic heterocycles. The van der Waals surface area contributed by atoms with Crippen LogP contribution in [0.25, 0.3) is 0 Å². The number of thiocarbonyl (C=S) groups is 1. The number of hydrogen-bond acceptors (Lipinski definition) is 5. The van der Waals surface area contributed by atoms with Crippen LogP contribution in [0.4, 0.5) is 0 Å². The summed E-state index contributed by atoms with van der Waals surface area (Å²) in [4.78, 5) is 28.6. The highest BCUT2D eigenvalue weighted by Crippen LogP contribution is 2.68. The normalized spacial score (nSPS) is 48.6. The van der Waals surface area contributed by atoms with E-state index in [1.165, 1.54) is 6.92 Å². The van der Waals surface area contributed by atoms with Crippen molar-refractivity contribution >= 4 is 29.1 Å². The number of esters is 1. The molecule has 0 aromatic rings. The first kappa shape index (κ1) is 19.3. The van der Waals surface area contributed by atoms with Crippen molar-refractivity contribution in [2.45, 2.75) is 90.2 Å². The second kappa shape index (κ2) is 6.49. The van der Waals surface area contributed by atoms with Gasteiger partial charge in [-0.05, 0) is 80.3 Å². The van der Waals surface area contributed by atoms with Gasteiger partial charge in [0.05, 0.1) is 10.7 Å². The number of carbonyl (C=O) groups is 2. The summed E-state index contributed by atoms with van der Waals surface area (Å²) in [6.45, 7) is 6.24. The van der Waals surface area contributed by atoms with Gasteiger partial charge in [-0.2, -0.15) is 0 Å². The van der Waals surface area contributed by atoms with Crippen molar-refractivity contribution in [3.8, 4) is 0 Å². The molecule has 4 saturated carbocycles. The van der Waals surface area contributed by atoms with Crippen LogP contribution in [0.15, 0.2) is 4.99 Å². The monoisotopic (exact) mass is 389 g/mol. The Balaban J connectivity index is 1.67. The molecule has 0 aromatic carbocycles. The summed E-state index contributed by atoms with van der Waals surface area (Å²) in [6.07, 6.45) is 8.59. The topological polar surface area (TPSA) is 55.7 Å². The highest BCUT2D eigenvalue weighted by molar-refractivity contribution is 7.78. The third-order valence-corrected chi connectivity index (χ3v) is 9.19. The summed E-state index contributed by atoms with van der Waals surface area (Å²) in [5, 5.41) is 2.65. The minimum absolute atomic E-state index is 0.0243. The molecule has 5 heteroatoms. The lowest BCUT2D eigenvalue weighted by atomic mass is 9.43. The van der Waals surface area contributed by atoms with E-state index in [9.17, 15) is 9.59 Å². The molecule has 0 aliphatic heterocycles. The number of fused-ring (bicyclic) bond motifs is 5. The smallest absolute Gasteiger partial charge is 0.302 e. The average Bonchev–Trinajstić information content (AvgIpc) is 2.92. The number of nitrogens with zero attached hydrogens (tertiary/aromatic N) is 1. The van der Waals surface area contributed by atoms with Crippen LogP contribution >= 0.6 is 12.2 Å². The van der Waals surface area contributed by atoms with Crippen LogP contribution in [0, 0.1) is 28.6 Å². The summed E-state index contributed by atoms with van der Waals surface area (Å²) in [6, 6.07) is 0. The third kappa shape index (κ3) is 2.68. The predicted molar refractivity (Wildman–Crippen MR) is 107 cm³/mol. The summed E-state index contributed by atoms with van der Waals surface area (Å²) < 4.78 is 5.74. The zero-order valence-electron chi connectivity index (χ0n) is 16.8. The minimum Gasteiger partial charge on any atom is -0.462 e. The van der Waals surface area contributed by atoms with Gasteiger partial charge in [0.2, 0.25) is 0 Å². The molecule has 0 radical (unpaired) electrons. The van der Waals surface area contributed by atoms with Gasteiger partial charge in [-0.3, -0.25) is 9.59 Å². The molecule has 4 nitrogen and oxygen atoms in total. The van der Waals surface area contributed by atoms with E-state index in [0.29, 0.717) is 36.4 Å². The third-order valence-electron chi connectivity index (χ3n) is 9.10. The lowest BCUT2D eigenvalue weighted by Crippen LogP contribution is -2.61. The van der Waals surface area contributed by atoms with E-state index in [1.54, 1.807) is 0 Å². The van der Waals surface area contributed by atoms with Crippen molar-refractivity contribution in [3.63, 3.8) is 0 Å². The molecule has 0 amide bonds. The maximum atomic E-state index is 12.3. The van der Waals surface area contributed by atoms with Gasteiger partial charge in [-0.25, -0.2) is 4.99 Å². The fraction of sp³-hybridized carbons (Fsp3) is 0.864. The van der Waals surface area contributed by atoms with Gasteiger partial charge in [0.1, 0.15) is 11.9 Å². The molecule has 27 heavy (non-hydrogen) atoms. The Morgan fingerprint density at radius 1 is 1.15 bits per heavy atom. The molecular weight excluding hydrogens is 358 g/mol. The van der Waals surface area contributed by atoms with Gasteiger partial charge >= 0.3 is 5.97 Å². The highest BCUT2D eigenvalue weighted by Gasteiger charge is 2.65. The zero-order valence-corrected chi connectivity index (χ0v) is 17.6. The molecule has 4 fully saturated rings. The first-order valence-corrected chi connectivity index (χ1v) is 10.9. The zero-order chi connectivity index (χ0) is 19.4. The quantitative estimate of drug-likeness (QED) is 0.388. The van der Waals surface area contributed by atoms with E-state index in [-0.39, 0.29) is 28.4 Å². The minimum atomic E-state index is -0.340. The average molecular weight is 390 g/mol. The summed E-state index contributed by atoms with van der Waals surface area (Å²) >= 11 is 5.00. The number of hydrogen-bond donors (Lipinski definition) is 0. The molecule has 0 bridgehead atoms. The maximum Gasteiger partial charge on any atom is 0.302 e. The van der Waals surface area contributed by atoms with Crippen LogP contribution in [0.2, 0.25) is 0 Å². The number of aliphatic imine (C=N–C) groups is 1. The van der Waals surface area contributed by atoms with Crippen molar-refractivity contribution in [1.82, 2.24) is 0 Å². The van der Waals surface area contributed by atoms with E-state index in [4.69, 9.17) is 17.0 Å². The van der Waals surface area contributed by atoms with Crippen LogP contribution in [-0.2, 0) is 14.3 Å². The molecule has 7 atom stereocenters. The molecule has 0 heterocycles. The van der Waals surface area contributed by atoms with Crippen LogP contribution in [0.3, 0.4) is 0 Å². The van der Waals surface area contributed by atoms with E-state index in [2.05, 4.69) is 24.0 Å². The second-order valence-electron chi connectivity index (χ2n) is 10.0. The van der Waals surface area contributed by atoms with E-state index < -0.39 is 0 Å². The first-order chi connectivity index (χ1) is 12.8. The molecule has 4 aliphatic rings. The van der Waals surface area contributed by atoms with E-state index >= 15 is 0 Å². The Morgan fingerprint density at radius 3 is 2.63 bits per heavy atom. The molecule has 0 N–H and O–H groups in total. The van der Waals surface area contributed by atoms with Gasteiger partial charge in [0, 0.05) is 25.2 Å². The van der Waals surface area contributed by atoms with E-state index in [0.717, 1.165) is 44.9 Å². The predicted octanol–water partition coefficient (Wildman–Crippen LogP) is 4.76. The molecular formula is C22H31NO3S. The van der Waals surface area contributed by atoms with Crippen molar-refractivity contribution in [3.05, 3.63) is 0 Å². The Morgan fingerprint density at radius 2 is 1.93 bits per heavy atom. The van der Waals surface area contributed by atoms with Crippen molar-refractivity contribution in [2.24, 2.45) is 33.6 Å². The Hall–Kier alpha value is -1.06.